The summed E-state index contributed by atoms with van der Waals surface area (Å²) in [6.07, 6.45) is 2.69. The molecule has 0 saturated carbocycles. The molecule has 4 heteroatoms. The fourth-order valence-electron chi connectivity index (χ4n) is 1.99. The Morgan fingerprint density at radius 1 is 1.41 bits per heavy atom. The Balaban J connectivity index is 1.97. The molecule has 0 aliphatic carbocycles. The molecule has 2 rings (SSSR count). The third kappa shape index (κ3) is 3.27. The van der Waals surface area contributed by atoms with Gasteiger partial charge < -0.3 is 9.47 Å². The van der Waals surface area contributed by atoms with E-state index in [1.54, 1.807) is 0 Å². The molecule has 0 aromatic heterocycles. The van der Waals surface area contributed by atoms with Crippen molar-refractivity contribution >= 4 is 23.2 Å². The molecule has 17 heavy (non-hydrogen) atoms. The molecule has 1 fully saturated rings. The lowest BCUT2D eigenvalue weighted by Gasteiger charge is -2.15. The van der Waals surface area contributed by atoms with Crippen molar-refractivity contribution in [2.24, 2.45) is 0 Å². The van der Waals surface area contributed by atoms with Gasteiger partial charge in [0.15, 0.2) is 0 Å². The number of benzene rings is 1. The fraction of sp³-hybridized carbons (Fsp3) is 0.538. The summed E-state index contributed by atoms with van der Waals surface area (Å²) in [7, 11) is 0. The molecule has 0 spiro atoms. The maximum Gasteiger partial charge on any atom is 0.125 e. The lowest BCUT2D eigenvalue weighted by atomic mass is 10.2. The van der Waals surface area contributed by atoms with Crippen LogP contribution in [-0.2, 0) is 10.6 Å². The first-order chi connectivity index (χ1) is 8.20. The number of rotatable bonds is 4. The van der Waals surface area contributed by atoms with Gasteiger partial charge in [0.1, 0.15) is 12.4 Å². The molecule has 0 N–H and O–H groups in total. The maximum atomic E-state index is 6.05. The minimum Gasteiger partial charge on any atom is -0.491 e. The van der Waals surface area contributed by atoms with Crippen LogP contribution >= 0.6 is 23.2 Å². The second kappa shape index (κ2) is 5.94. The second-order valence-corrected chi connectivity index (χ2v) is 4.98. The van der Waals surface area contributed by atoms with Crippen LogP contribution in [0.5, 0.6) is 5.75 Å². The van der Waals surface area contributed by atoms with Gasteiger partial charge in [0, 0.05) is 10.6 Å². The lowest BCUT2D eigenvalue weighted by molar-refractivity contribution is 0.0263. The van der Waals surface area contributed by atoms with E-state index in [2.05, 4.69) is 6.92 Å². The summed E-state index contributed by atoms with van der Waals surface area (Å²) in [5.74, 6) is 1.12. The van der Waals surface area contributed by atoms with Crippen molar-refractivity contribution in [3.8, 4) is 5.75 Å². The Bertz CT molecular complexity index is 382. The van der Waals surface area contributed by atoms with Crippen molar-refractivity contribution in [2.75, 3.05) is 6.61 Å². The largest absolute Gasteiger partial charge is 0.491 e. The van der Waals surface area contributed by atoms with Crippen LogP contribution < -0.4 is 4.74 Å². The predicted octanol–water partition coefficient (Wildman–Crippen LogP) is 4.03. The molecule has 1 aliphatic heterocycles. The Morgan fingerprint density at radius 2 is 2.24 bits per heavy atom. The van der Waals surface area contributed by atoms with E-state index in [0.717, 1.165) is 24.2 Å². The highest BCUT2D eigenvalue weighted by molar-refractivity contribution is 6.32. The lowest BCUT2D eigenvalue weighted by Crippen LogP contribution is -2.18. The average molecular weight is 275 g/mol. The summed E-state index contributed by atoms with van der Waals surface area (Å²) in [5, 5.41) is 0.651. The van der Waals surface area contributed by atoms with E-state index in [4.69, 9.17) is 32.7 Å². The van der Waals surface area contributed by atoms with E-state index >= 15 is 0 Å². The Labute approximate surface area is 112 Å². The first kappa shape index (κ1) is 13.0. The van der Waals surface area contributed by atoms with Gasteiger partial charge in [-0.2, -0.15) is 0 Å². The highest BCUT2D eigenvalue weighted by Crippen LogP contribution is 2.29. The van der Waals surface area contributed by atoms with E-state index in [-0.39, 0.29) is 6.10 Å². The van der Waals surface area contributed by atoms with Crippen LogP contribution in [0.3, 0.4) is 0 Å². The molecule has 2 unspecified atom stereocenters. The monoisotopic (exact) mass is 274 g/mol. The Kier molecular flexibility index (Phi) is 4.55. The summed E-state index contributed by atoms with van der Waals surface area (Å²) in [6.45, 7) is 2.65. The number of ether oxygens (including phenoxy) is 2. The van der Waals surface area contributed by atoms with Gasteiger partial charge in [-0.1, -0.05) is 17.7 Å². The number of hydrogen-bond donors (Lipinski definition) is 0. The highest BCUT2D eigenvalue weighted by atomic mass is 35.5. The molecule has 1 aromatic carbocycles. The average Bonchev–Trinajstić information content (AvgIpc) is 2.72. The molecule has 1 aromatic rings. The molecule has 0 bridgehead atoms. The molecule has 2 nitrogen and oxygen atoms in total. The maximum absolute atomic E-state index is 6.05. The predicted molar refractivity (Wildman–Crippen MR) is 70.1 cm³/mol. The van der Waals surface area contributed by atoms with E-state index < -0.39 is 0 Å². The van der Waals surface area contributed by atoms with Crippen LogP contribution in [-0.4, -0.2) is 18.8 Å². The van der Waals surface area contributed by atoms with Crippen molar-refractivity contribution in [1.29, 1.82) is 0 Å². The number of halogens is 2. The third-order valence-corrected chi connectivity index (χ3v) is 3.58. The Hall–Kier alpha value is -0.440. The zero-order valence-corrected chi connectivity index (χ0v) is 11.3. The first-order valence-electron chi connectivity index (χ1n) is 5.82. The SMILES string of the molecule is CC1CCC(COc2cccc(Cl)c2CCl)O1. The molecule has 0 radical (unpaired) electrons. The number of alkyl halides is 1. The van der Waals surface area contributed by atoms with Gasteiger partial charge in [-0.15, -0.1) is 11.6 Å². The van der Waals surface area contributed by atoms with Gasteiger partial charge in [-0.3, -0.25) is 0 Å². The first-order valence-corrected chi connectivity index (χ1v) is 6.73. The molecular formula is C13H16Cl2O2. The van der Waals surface area contributed by atoms with E-state index in [1.165, 1.54) is 0 Å². The number of hydrogen-bond acceptors (Lipinski definition) is 2. The van der Waals surface area contributed by atoms with Crippen LogP contribution in [0.15, 0.2) is 18.2 Å². The minimum atomic E-state index is 0.187. The van der Waals surface area contributed by atoms with E-state index in [9.17, 15) is 0 Å². The van der Waals surface area contributed by atoms with Gasteiger partial charge in [-0.05, 0) is 31.9 Å². The topological polar surface area (TPSA) is 18.5 Å². The van der Waals surface area contributed by atoms with Crippen LogP contribution in [0.4, 0.5) is 0 Å². The molecule has 1 aliphatic rings. The zero-order chi connectivity index (χ0) is 12.3. The molecule has 2 atom stereocenters. The smallest absolute Gasteiger partial charge is 0.125 e. The van der Waals surface area contributed by atoms with Crippen LogP contribution in [0, 0.1) is 0 Å². The molecular weight excluding hydrogens is 259 g/mol. The highest BCUT2D eigenvalue weighted by Gasteiger charge is 2.22. The van der Waals surface area contributed by atoms with Crippen molar-refractivity contribution < 1.29 is 9.47 Å². The van der Waals surface area contributed by atoms with Crippen molar-refractivity contribution in [3.05, 3.63) is 28.8 Å². The van der Waals surface area contributed by atoms with Crippen LogP contribution in [0.2, 0.25) is 5.02 Å². The van der Waals surface area contributed by atoms with Crippen LogP contribution in [0.25, 0.3) is 0 Å². The van der Waals surface area contributed by atoms with Crippen molar-refractivity contribution in [3.63, 3.8) is 0 Å². The van der Waals surface area contributed by atoms with Gasteiger partial charge in [0.05, 0.1) is 18.1 Å². The van der Waals surface area contributed by atoms with E-state index in [1.807, 2.05) is 18.2 Å². The second-order valence-electron chi connectivity index (χ2n) is 4.31. The van der Waals surface area contributed by atoms with Gasteiger partial charge in [-0.25, -0.2) is 0 Å². The van der Waals surface area contributed by atoms with Gasteiger partial charge >= 0.3 is 0 Å². The van der Waals surface area contributed by atoms with Gasteiger partial charge in [0.2, 0.25) is 0 Å². The fourth-order valence-corrected chi connectivity index (χ4v) is 2.57. The molecule has 94 valence electrons. The summed E-state index contributed by atoms with van der Waals surface area (Å²) < 4.78 is 11.4. The third-order valence-electron chi connectivity index (χ3n) is 2.95. The minimum absolute atomic E-state index is 0.187. The summed E-state index contributed by atoms with van der Waals surface area (Å²) >= 11 is 11.9. The van der Waals surface area contributed by atoms with Crippen molar-refractivity contribution in [2.45, 2.75) is 37.9 Å². The van der Waals surface area contributed by atoms with Gasteiger partial charge in [0.25, 0.3) is 0 Å². The summed E-state index contributed by atoms with van der Waals surface area (Å²) in [5.41, 5.74) is 0.849. The molecule has 1 saturated heterocycles. The standard InChI is InChI=1S/C13H16Cl2O2/c1-9-5-6-10(17-9)8-16-13-4-2-3-12(15)11(13)7-14/h2-4,9-10H,5-8H2,1H3. The summed E-state index contributed by atoms with van der Waals surface area (Å²) in [6, 6.07) is 5.58. The van der Waals surface area contributed by atoms with E-state index in [0.29, 0.717) is 23.6 Å². The van der Waals surface area contributed by atoms with Crippen molar-refractivity contribution in [1.82, 2.24) is 0 Å². The zero-order valence-electron chi connectivity index (χ0n) is 9.79. The summed E-state index contributed by atoms with van der Waals surface area (Å²) in [4.78, 5) is 0. The normalized spacial score (nSPS) is 23.9. The van der Waals surface area contributed by atoms with Crippen LogP contribution in [0.1, 0.15) is 25.3 Å². The molecule has 0 amide bonds. The Morgan fingerprint density at radius 3 is 2.88 bits per heavy atom. The molecule has 1 heterocycles. The quantitative estimate of drug-likeness (QED) is 0.772.